The lowest BCUT2D eigenvalue weighted by Crippen LogP contribution is -2.48. The van der Waals surface area contributed by atoms with Crippen LogP contribution in [0.2, 0.25) is 0 Å². The van der Waals surface area contributed by atoms with Crippen molar-refractivity contribution in [3.05, 3.63) is 20.1 Å². The average Bonchev–Trinajstić information content (AvgIpc) is 3.03. The van der Waals surface area contributed by atoms with Crippen molar-refractivity contribution in [3.8, 4) is 0 Å². The Morgan fingerprint density at radius 1 is 0.533 bits per heavy atom. The Balaban J connectivity index is 1.55. The van der Waals surface area contributed by atoms with Crippen LogP contribution < -0.4 is 0 Å². The number of halogens is 12. The molecule has 5 aliphatic rings. The molecule has 0 aliphatic heterocycles. The maximum Gasteiger partial charge on any atom is 0.166 e. The van der Waals surface area contributed by atoms with E-state index >= 15 is 0 Å². The molecule has 0 spiro atoms. The molecule has 12 heteroatoms. The van der Waals surface area contributed by atoms with Gasteiger partial charge in [0.05, 0.1) is 20.1 Å². The fourth-order valence-corrected chi connectivity index (χ4v) is 12.6. The molecule has 0 unspecified atom stereocenters. The number of fused-ring (bicyclic) bond motifs is 7. The summed E-state index contributed by atoms with van der Waals surface area (Å²) in [6, 6.07) is 0. The predicted octanol–water partition coefficient (Wildman–Crippen LogP) is 9.72. The summed E-state index contributed by atoms with van der Waals surface area (Å²) in [5.74, 6) is -0.614. The van der Waals surface area contributed by atoms with Gasteiger partial charge in [-0.25, -0.2) is 0 Å². The fraction of sp³-hybridized carbons (Fsp3) is 0.778. The Kier molecular flexibility index (Phi) is 5.61. The summed E-state index contributed by atoms with van der Waals surface area (Å²) in [6.45, 7) is 0. The molecular formula is C18H12Cl12. The van der Waals surface area contributed by atoms with Crippen LogP contribution in [-0.4, -0.2) is 28.2 Å². The van der Waals surface area contributed by atoms with Crippen molar-refractivity contribution in [3.63, 3.8) is 0 Å². The first kappa shape index (κ1) is 24.6. The molecule has 0 aromatic heterocycles. The number of allylic oxidation sites excluding steroid dienone is 4. The van der Waals surface area contributed by atoms with Crippen LogP contribution in [0.25, 0.3) is 0 Å². The molecule has 3 fully saturated rings. The molecular weight excluding hydrogens is 642 g/mol. The van der Waals surface area contributed by atoms with E-state index in [0.717, 1.165) is 6.42 Å². The topological polar surface area (TPSA) is 0 Å². The van der Waals surface area contributed by atoms with Gasteiger partial charge in [0, 0.05) is 0 Å². The minimum Gasteiger partial charge on any atom is -0.110 e. The predicted molar refractivity (Wildman–Crippen MR) is 133 cm³/mol. The van der Waals surface area contributed by atoms with Gasteiger partial charge in [-0.05, 0) is 49.4 Å². The highest BCUT2D eigenvalue weighted by molar-refractivity contribution is 6.66. The smallest absolute Gasteiger partial charge is 0.110 e. The molecule has 0 aromatic carbocycles. The first-order valence-electron chi connectivity index (χ1n) is 9.20. The molecule has 5 aliphatic carbocycles. The normalized spacial score (nSPS) is 55.6. The third-order valence-electron chi connectivity index (χ3n) is 8.05. The Morgan fingerprint density at radius 2 is 1.00 bits per heavy atom. The molecule has 0 radical (unpaired) electrons. The molecule has 168 valence electrons. The second-order valence-corrected chi connectivity index (χ2v) is 15.5. The molecule has 8 atom stereocenters. The van der Waals surface area contributed by atoms with Gasteiger partial charge in [0.25, 0.3) is 0 Å². The number of rotatable bonds is 1. The van der Waals surface area contributed by atoms with E-state index in [1.807, 2.05) is 0 Å². The third kappa shape index (κ3) is 2.26. The number of hydrogen-bond acceptors (Lipinski definition) is 0. The van der Waals surface area contributed by atoms with Crippen molar-refractivity contribution in [2.75, 3.05) is 0 Å². The molecule has 0 heterocycles. The van der Waals surface area contributed by atoms with E-state index < -0.39 is 28.2 Å². The van der Waals surface area contributed by atoms with Crippen LogP contribution in [0.15, 0.2) is 20.1 Å². The first-order chi connectivity index (χ1) is 13.6. The highest BCUT2D eigenvalue weighted by atomic mass is 35.5. The van der Waals surface area contributed by atoms with Crippen LogP contribution in [0.3, 0.4) is 0 Å². The van der Waals surface area contributed by atoms with Crippen LogP contribution in [0.5, 0.6) is 0 Å². The minimum absolute atomic E-state index is 0.0161. The second-order valence-electron chi connectivity index (χ2n) is 8.94. The van der Waals surface area contributed by atoms with Gasteiger partial charge in [0.15, 0.2) is 8.67 Å². The van der Waals surface area contributed by atoms with Gasteiger partial charge in [0.2, 0.25) is 0 Å². The Hall–Kier alpha value is 2.96. The van der Waals surface area contributed by atoms with E-state index in [1.54, 1.807) is 0 Å². The Morgan fingerprint density at radius 3 is 1.50 bits per heavy atom. The molecule has 4 bridgehead atoms. The van der Waals surface area contributed by atoms with Crippen LogP contribution in [0.1, 0.15) is 25.7 Å². The molecule has 0 aromatic rings. The second kappa shape index (κ2) is 6.83. The average molecular weight is 654 g/mol. The van der Waals surface area contributed by atoms with Gasteiger partial charge < -0.3 is 0 Å². The van der Waals surface area contributed by atoms with Gasteiger partial charge in [-0.3, -0.25) is 0 Å². The summed E-state index contributed by atoms with van der Waals surface area (Å²) < 4.78 is -3.13. The van der Waals surface area contributed by atoms with Crippen molar-refractivity contribution in [2.24, 2.45) is 23.7 Å². The summed E-state index contributed by atoms with van der Waals surface area (Å²) in [5.41, 5.74) is 0. The van der Waals surface area contributed by atoms with Gasteiger partial charge in [-0.2, -0.15) is 0 Å². The van der Waals surface area contributed by atoms with E-state index in [1.165, 1.54) is 0 Å². The summed E-state index contributed by atoms with van der Waals surface area (Å²) in [6.07, 6.45) is 2.37. The van der Waals surface area contributed by atoms with E-state index in [-0.39, 0.29) is 43.8 Å². The molecule has 0 N–H and O–H groups in total. The van der Waals surface area contributed by atoms with Crippen molar-refractivity contribution in [1.29, 1.82) is 0 Å². The van der Waals surface area contributed by atoms with Crippen molar-refractivity contribution in [1.82, 2.24) is 0 Å². The summed E-state index contributed by atoms with van der Waals surface area (Å²) >= 11 is 80.6. The molecule has 0 amide bonds. The van der Waals surface area contributed by atoms with Gasteiger partial charge in [-0.1, -0.05) is 92.8 Å². The maximum absolute atomic E-state index is 7.03. The van der Waals surface area contributed by atoms with Crippen LogP contribution >= 0.6 is 139 Å². The van der Waals surface area contributed by atoms with Crippen molar-refractivity contribution >= 4 is 139 Å². The van der Waals surface area contributed by atoms with E-state index in [0.29, 0.717) is 19.3 Å². The lowest BCUT2D eigenvalue weighted by molar-refractivity contribution is 0.126. The zero-order valence-electron chi connectivity index (χ0n) is 14.7. The zero-order valence-corrected chi connectivity index (χ0v) is 23.7. The third-order valence-corrected chi connectivity index (χ3v) is 16.7. The van der Waals surface area contributed by atoms with Crippen molar-refractivity contribution < 1.29 is 0 Å². The highest BCUT2D eigenvalue weighted by Crippen LogP contribution is 2.80. The van der Waals surface area contributed by atoms with Crippen LogP contribution in [0, 0.1) is 23.7 Å². The quantitative estimate of drug-likeness (QED) is 0.247. The van der Waals surface area contributed by atoms with E-state index in [4.69, 9.17) is 139 Å². The molecule has 5 rings (SSSR count). The van der Waals surface area contributed by atoms with Crippen molar-refractivity contribution in [2.45, 2.75) is 53.8 Å². The lowest BCUT2D eigenvalue weighted by Gasteiger charge is -2.47. The van der Waals surface area contributed by atoms with E-state index in [9.17, 15) is 0 Å². The van der Waals surface area contributed by atoms with Crippen LogP contribution in [0.4, 0.5) is 0 Å². The Bertz CT molecular complexity index is 922. The SMILES string of the molecule is ClC1=C(Cl)[C@@]2(Cl)C[C@H]([C@H]3CC[C@@H]4[C@H](C3)[C@@]3(Cl)C(Cl)=C(Cl)[C@]4(Cl)C3(Cl)Cl)[C@@]1(Cl)C2(Cl)Cl. The summed E-state index contributed by atoms with van der Waals surface area (Å²) in [7, 11) is 0. The Labute approximate surface area is 234 Å². The maximum atomic E-state index is 7.03. The highest BCUT2D eigenvalue weighted by Gasteiger charge is 2.84. The molecule has 30 heavy (non-hydrogen) atoms. The number of hydrogen-bond donors (Lipinski definition) is 0. The van der Waals surface area contributed by atoms with Gasteiger partial charge in [0.1, 0.15) is 19.5 Å². The zero-order chi connectivity index (χ0) is 22.4. The minimum atomic E-state index is -1.57. The largest absolute Gasteiger partial charge is 0.166 e. The lowest BCUT2D eigenvalue weighted by atomic mass is 9.64. The number of alkyl halides is 8. The van der Waals surface area contributed by atoms with Crippen LogP contribution in [-0.2, 0) is 0 Å². The van der Waals surface area contributed by atoms with E-state index in [2.05, 4.69) is 0 Å². The standard InChI is InChI=1S/C18H12Cl12/c19-9-10(20)16(26)8(4-13(9,23)17(16,27)28)5-1-2-6-7(3-5)15(25)12(22)11(21)14(6,24)18(15,29)30/h5-8H,1-4H2/t5-,6+,7-,8+,13-,14-,15+,16-/m0/s1. The summed E-state index contributed by atoms with van der Waals surface area (Å²) in [4.78, 5) is -5.15. The molecule has 3 saturated carbocycles. The van der Waals surface area contributed by atoms with Gasteiger partial charge in [-0.15, -0.1) is 46.4 Å². The monoisotopic (exact) mass is 648 g/mol. The first-order valence-corrected chi connectivity index (χ1v) is 13.7. The molecule has 0 nitrogen and oxygen atoms in total. The molecule has 0 saturated heterocycles. The van der Waals surface area contributed by atoms with Gasteiger partial charge >= 0.3 is 0 Å². The summed E-state index contributed by atoms with van der Waals surface area (Å²) in [5, 5.41) is 0.802. The fourth-order valence-electron chi connectivity index (χ4n) is 6.58.